The van der Waals surface area contributed by atoms with Crippen LogP contribution in [0.2, 0.25) is 0 Å². The predicted molar refractivity (Wildman–Crippen MR) is 68.6 cm³/mol. The first kappa shape index (κ1) is 12.5. The zero-order valence-electron chi connectivity index (χ0n) is 10.7. The molecule has 96 valence electrons. The van der Waals surface area contributed by atoms with E-state index in [4.69, 9.17) is 4.74 Å². The molecule has 18 heavy (non-hydrogen) atoms. The third kappa shape index (κ3) is 2.19. The first-order valence-electron chi connectivity index (χ1n) is 5.76. The van der Waals surface area contributed by atoms with Crippen molar-refractivity contribution in [3.05, 3.63) is 34.0 Å². The number of ether oxygens (including phenoxy) is 1. The fraction of sp³-hybridized carbons (Fsp3) is 0.417. The minimum atomic E-state index is -0.107. The topological polar surface area (TPSA) is 72.3 Å². The van der Waals surface area contributed by atoms with Crippen molar-refractivity contribution < 1.29 is 4.74 Å². The summed E-state index contributed by atoms with van der Waals surface area (Å²) in [5.74, 6) is 0.467. The van der Waals surface area contributed by atoms with Gasteiger partial charge < -0.3 is 4.74 Å². The Kier molecular flexibility index (Phi) is 3.57. The summed E-state index contributed by atoms with van der Waals surface area (Å²) in [7, 11) is 1.62. The Morgan fingerprint density at radius 2 is 2.33 bits per heavy atom. The summed E-state index contributed by atoms with van der Waals surface area (Å²) in [6, 6.07) is 0. The minimum absolute atomic E-state index is 0.0902. The number of hydrogen-bond acceptors (Lipinski definition) is 4. The van der Waals surface area contributed by atoms with E-state index < -0.39 is 0 Å². The highest BCUT2D eigenvalue weighted by molar-refractivity contribution is 5.52. The van der Waals surface area contributed by atoms with Crippen LogP contribution in [0.25, 0.3) is 11.9 Å². The van der Waals surface area contributed by atoms with Crippen molar-refractivity contribution in [1.29, 1.82) is 0 Å². The van der Waals surface area contributed by atoms with Gasteiger partial charge in [-0.2, -0.15) is 4.52 Å². The molecule has 2 rings (SSSR count). The average molecular weight is 248 g/mol. The van der Waals surface area contributed by atoms with E-state index >= 15 is 0 Å². The average Bonchev–Trinajstić information content (AvgIpc) is 2.77. The van der Waals surface area contributed by atoms with Crippen LogP contribution in [0.4, 0.5) is 0 Å². The maximum absolute atomic E-state index is 12.3. The fourth-order valence-corrected chi connectivity index (χ4v) is 1.81. The molecule has 0 amide bonds. The monoisotopic (exact) mass is 248 g/mol. The Labute approximate surface area is 104 Å². The maximum atomic E-state index is 12.3. The Hall–Kier alpha value is -1.95. The molecule has 0 fully saturated rings. The summed E-state index contributed by atoms with van der Waals surface area (Å²) in [6.45, 7) is 4.42. The van der Waals surface area contributed by atoms with E-state index in [0.29, 0.717) is 23.6 Å². The first-order valence-corrected chi connectivity index (χ1v) is 5.76. The molecule has 0 aliphatic carbocycles. The number of aromatic amines is 1. The van der Waals surface area contributed by atoms with E-state index in [-0.39, 0.29) is 11.5 Å². The van der Waals surface area contributed by atoms with Crippen LogP contribution < -0.4 is 5.56 Å². The number of hydrogen-bond donors (Lipinski definition) is 1. The molecule has 0 radical (unpaired) electrons. The lowest BCUT2D eigenvalue weighted by Crippen LogP contribution is -2.22. The maximum Gasteiger partial charge on any atom is 0.278 e. The number of H-pyrrole nitrogens is 1. The van der Waals surface area contributed by atoms with Crippen LogP contribution in [-0.4, -0.2) is 33.3 Å². The van der Waals surface area contributed by atoms with Gasteiger partial charge in [-0.15, -0.1) is 0 Å². The molecule has 6 heteroatoms. The van der Waals surface area contributed by atoms with Crippen molar-refractivity contribution in [3.8, 4) is 0 Å². The van der Waals surface area contributed by atoms with Crippen LogP contribution in [0, 0.1) is 0 Å². The normalized spacial score (nSPS) is 12.0. The van der Waals surface area contributed by atoms with Crippen LogP contribution in [0.3, 0.4) is 0 Å². The molecular formula is C12H16N4O2. The molecule has 0 atom stereocenters. The molecular weight excluding hydrogens is 232 g/mol. The van der Waals surface area contributed by atoms with Crippen LogP contribution in [0.1, 0.15) is 31.0 Å². The van der Waals surface area contributed by atoms with Crippen LogP contribution in [-0.2, 0) is 4.74 Å². The molecule has 0 spiro atoms. The first-order chi connectivity index (χ1) is 8.65. The quantitative estimate of drug-likeness (QED) is 0.882. The lowest BCUT2D eigenvalue weighted by Gasteiger charge is -2.08. The summed E-state index contributed by atoms with van der Waals surface area (Å²) in [6.07, 6.45) is 5.09. The highest BCUT2D eigenvalue weighted by Gasteiger charge is 2.15. The lowest BCUT2D eigenvalue weighted by molar-refractivity contribution is 0.234. The van der Waals surface area contributed by atoms with E-state index in [0.717, 1.165) is 0 Å². The highest BCUT2D eigenvalue weighted by atomic mass is 16.5. The van der Waals surface area contributed by atoms with Gasteiger partial charge in [-0.3, -0.25) is 9.89 Å². The van der Waals surface area contributed by atoms with E-state index in [1.54, 1.807) is 13.2 Å². The van der Waals surface area contributed by atoms with E-state index in [1.165, 1.54) is 10.8 Å². The van der Waals surface area contributed by atoms with Crippen molar-refractivity contribution in [2.75, 3.05) is 13.7 Å². The van der Waals surface area contributed by atoms with Gasteiger partial charge in [-0.1, -0.05) is 19.9 Å². The zero-order chi connectivity index (χ0) is 13.1. The second kappa shape index (κ2) is 5.14. The molecule has 0 unspecified atom stereocenters. The van der Waals surface area contributed by atoms with Crippen LogP contribution in [0.5, 0.6) is 0 Å². The molecule has 0 bridgehead atoms. The van der Waals surface area contributed by atoms with Crippen LogP contribution in [0.15, 0.2) is 17.2 Å². The number of methoxy groups -OCH3 is 1. The van der Waals surface area contributed by atoms with Gasteiger partial charge in [0.15, 0.2) is 0 Å². The summed E-state index contributed by atoms with van der Waals surface area (Å²) in [5.41, 5.74) is 1.22. The van der Waals surface area contributed by atoms with Gasteiger partial charge in [0.25, 0.3) is 11.3 Å². The third-order valence-corrected chi connectivity index (χ3v) is 2.61. The van der Waals surface area contributed by atoms with E-state index in [2.05, 4.69) is 15.1 Å². The molecule has 0 aromatic carbocycles. The number of aromatic nitrogens is 4. The second-order valence-electron chi connectivity index (χ2n) is 4.25. The smallest absolute Gasteiger partial charge is 0.278 e. The molecule has 0 saturated heterocycles. The molecule has 6 nitrogen and oxygen atoms in total. The Morgan fingerprint density at radius 3 is 3.00 bits per heavy atom. The number of nitrogens with one attached hydrogen (secondary N) is 1. The highest BCUT2D eigenvalue weighted by Crippen LogP contribution is 2.15. The van der Waals surface area contributed by atoms with Gasteiger partial charge in [0.05, 0.1) is 12.3 Å². The number of nitrogens with zero attached hydrogens (tertiary/aromatic N) is 3. The Balaban J connectivity index is 2.62. The zero-order valence-corrected chi connectivity index (χ0v) is 10.7. The summed E-state index contributed by atoms with van der Waals surface area (Å²) in [4.78, 5) is 20.6. The van der Waals surface area contributed by atoms with Gasteiger partial charge in [0.1, 0.15) is 6.33 Å². The largest absolute Gasteiger partial charge is 0.381 e. The van der Waals surface area contributed by atoms with Crippen molar-refractivity contribution in [2.45, 2.75) is 19.8 Å². The van der Waals surface area contributed by atoms with Gasteiger partial charge in [-0.25, -0.2) is 9.97 Å². The number of rotatable bonds is 4. The molecule has 2 aromatic heterocycles. The lowest BCUT2D eigenvalue weighted by atomic mass is 10.0. The number of fused-ring (bicyclic) bond motifs is 1. The Morgan fingerprint density at radius 1 is 1.56 bits per heavy atom. The molecule has 0 saturated carbocycles. The van der Waals surface area contributed by atoms with Crippen molar-refractivity contribution in [3.63, 3.8) is 0 Å². The molecule has 0 aliphatic rings. The van der Waals surface area contributed by atoms with Crippen molar-refractivity contribution in [2.24, 2.45) is 0 Å². The molecule has 1 N–H and O–H groups in total. The summed E-state index contributed by atoms with van der Waals surface area (Å²) < 4.78 is 6.30. The Bertz CT molecular complexity index is 625. The van der Waals surface area contributed by atoms with E-state index in [9.17, 15) is 4.79 Å². The third-order valence-electron chi connectivity index (χ3n) is 2.61. The molecule has 0 aliphatic heterocycles. The molecule has 2 aromatic rings. The van der Waals surface area contributed by atoms with Crippen molar-refractivity contribution >= 4 is 11.9 Å². The van der Waals surface area contributed by atoms with Gasteiger partial charge in [-0.05, 0) is 12.0 Å². The van der Waals surface area contributed by atoms with E-state index in [1.807, 2.05) is 19.9 Å². The van der Waals surface area contributed by atoms with Gasteiger partial charge in [0, 0.05) is 12.7 Å². The molecule has 2 heterocycles. The minimum Gasteiger partial charge on any atom is -0.381 e. The second-order valence-corrected chi connectivity index (χ2v) is 4.25. The van der Waals surface area contributed by atoms with Crippen LogP contribution >= 0.6 is 0 Å². The van der Waals surface area contributed by atoms with Gasteiger partial charge in [0.2, 0.25) is 0 Å². The van der Waals surface area contributed by atoms with Crippen molar-refractivity contribution in [1.82, 2.24) is 19.6 Å². The summed E-state index contributed by atoms with van der Waals surface area (Å²) >= 11 is 0. The predicted octanol–water partition coefficient (Wildman–Crippen LogP) is 1.20. The van der Waals surface area contributed by atoms with Gasteiger partial charge >= 0.3 is 0 Å². The summed E-state index contributed by atoms with van der Waals surface area (Å²) in [5, 5.41) is 2.76. The fourth-order valence-electron chi connectivity index (χ4n) is 1.81. The standard InChI is InChI=1S/C12H16N4O2/c1-8(2)10-9(5-4-6-18-3)15-12-13-7-14-16(12)11(10)17/h4-5,7-8H,6H2,1-3H3,(H,13,14,15)/b5-4+. The SMILES string of the molecule is COC/C=C/c1nc2nc[nH]n2c(=O)c1C(C)C.